The minimum Gasteiger partial charge on any atom is -0.370 e. The van der Waals surface area contributed by atoms with Gasteiger partial charge in [0.25, 0.3) is 0 Å². The zero-order chi connectivity index (χ0) is 13.0. The van der Waals surface area contributed by atoms with Crippen LogP contribution in [0.4, 0.5) is 11.4 Å². The van der Waals surface area contributed by atoms with Crippen molar-refractivity contribution in [1.82, 2.24) is 0 Å². The molecule has 6 heteroatoms. The minimum absolute atomic E-state index is 0.0666. The molecular weight excluding hydrogens is 272 g/mol. The summed E-state index contributed by atoms with van der Waals surface area (Å²) in [5.74, 6) is 0.0318. The molecule has 1 fully saturated rings. The van der Waals surface area contributed by atoms with Gasteiger partial charge in [-0.1, -0.05) is 12.1 Å². The fourth-order valence-electron chi connectivity index (χ4n) is 2.11. The third-order valence-corrected chi connectivity index (χ3v) is 4.65. The lowest BCUT2D eigenvalue weighted by atomic mass is 10.2. The summed E-state index contributed by atoms with van der Waals surface area (Å²) in [4.78, 5) is 2.21. The molecule has 0 spiro atoms. The van der Waals surface area contributed by atoms with Crippen LogP contribution in [-0.4, -0.2) is 33.1 Å². The summed E-state index contributed by atoms with van der Waals surface area (Å²) < 4.78 is 26.1. The van der Waals surface area contributed by atoms with Crippen LogP contribution in [0.25, 0.3) is 0 Å². The van der Waals surface area contributed by atoms with E-state index in [2.05, 4.69) is 9.62 Å². The number of hydrogen-bond acceptors (Lipinski definition) is 3. The van der Waals surface area contributed by atoms with Crippen molar-refractivity contribution in [2.24, 2.45) is 0 Å². The number of anilines is 2. The van der Waals surface area contributed by atoms with Gasteiger partial charge in [-0.15, -0.1) is 11.6 Å². The van der Waals surface area contributed by atoms with E-state index in [4.69, 9.17) is 11.6 Å². The summed E-state index contributed by atoms with van der Waals surface area (Å²) in [7, 11) is -3.35. The number of benzene rings is 1. The van der Waals surface area contributed by atoms with Gasteiger partial charge in [0.2, 0.25) is 10.0 Å². The molecule has 0 aromatic heterocycles. The van der Waals surface area contributed by atoms with Crippen LogP contribution in [0.15, 0.2) is 24.3 Å². The summed E-state index contributed by atoms with van der Waals surface area (Å²) >= 11 is 5.49. The molecule has 1 aliphatic heterocycles. The van der Waals surface area contributed by atoms with Crippen molar-refractivity contribution in [3.05, 3.63) is 24.3 Å². The average Bonchev–Trinajstić information content (AvgIpc) is 2.82. The fourth-order valence-corrected chi connectivity index (χ4v) is 3.54. The molecule has 2 rings (SSSR count). The van der Waals surface area contributed by atoms with Crippen LogP contribution in [-0.2, 0) is 10.0 Å². The maximum atomic E-state index is 11.8. The standard InChI is InChI=1S/C12H17ClN2O2S/c13-7-10-18(16,17)14-11-5-1-2-6-12(11)15-8-3-4-9-15/h1-2,5-6,14H,3-4,7-10H2. The Hall–Kier alpha value is -0.940. The highest BCUT2D eigenvalue weighted by Gasteiger charge is 2.18. The number of rotatable bonds is 5. The summed E-state index contributed by atoms with van der Waals surface area (Å²) in [6.07, 6.45) is 2.31. The second-order valence-corrected chi connectivity index (χ2v) is 6.54. The zero-order valence-electron chi connectivity index (χ0n) is 10.1. The highest BCUT2D eigenvalue weighted by atomic mass is 35.5. The SMILES string of the molecule is O=S(=O)(CCCl)Nc1ccccc1N1CCCC1. The lowest BCUT2D eigenvalue weighted by Crippen LogP contribution is -2.22. The number of alkyl halides is 1. The molecular formula is C12H17ClN2O2S. The van der Waals surface area contributed by atoms with Gasteiger partial charge in [0.05, 0.1) is 17.1 Å². The van der Waals surface area contributed by atoms with Gasteiger partial charge in [-0.2, -0.15) is 0 Å². The van der Waals surface area contributed by atoms with Gasteiger partial charge in [-0.3, -0.25) is 4.72 Å². The molecule has 0 radical (unpaired) electrons. The summed E-state index contributed by atoms with van der Waals surface area (Å²) in [6.45, 7) is 1.96. The highest BCUT2D eigenvalue weighted by molar-refractivity contribution is 7.92. The van der Waals surface area contributed by atoms with E-state index in [0.717, 1.165) is 31.6 Å². The van der Waals surface area contributed by atoms with Crippen molar-refractivity contribution in [1.29, 1.82) is 0 Å². The van der Waals surface area contributed by atoms with Gasteiger partial charge in [-0.25, -0.2) is 8.42 Å². The maximum absolute atomic E-state index is 11.8. The largest absolute Gasteiger partial charge is 0.370 e. The molecule has 0 bridgehead atoms. The van der Waals surface area contributed by atoms with Crippen LogP contribution in [0.1, 0.15) is 12.8 Å². The lowest BCUT2D eigenvalue weighted by molar-refractivity contribution is 0.602. The Balaban J connectivity index is 2.22. The van der Waals surface area contributed by atoms with Gasteiger partial charge in [0.15, 0.2) is 0 Å². The first-order valence-corrected chi connectivity index (χ1v) is 8.21. The molecule has 1 aliphatic rings. The van der Waals surface area contributed by atoms with Crippen LogP contribution in [0.3, 0.4) is 0 Å². The van der Waals surface area contributed by atoms with E-state index in [0.29, 0.717) is 5.69 Å². The van der Waals surface area contributed by atoms with Crippen molar-refractivity contribution in [2.75, 3.05) is 34.3 Å². The number of halogens is 1. The molecule has 100 valence electrons. The third-order valence-electron chi connectivity index (χ3n) is 2.96. The molecule has 1 aromatic rings. The molecule has 4 nitrogen and oxygen atoms in total. The molecule has 1 aromatic carbocycles. The second-order valence-electron chi connectivity index (χ2n) is 4.32. The Labute approximate surface area is 113 Å². The fraction of sp³-hybridized carbons (Fsp3) is 0.500. The molecule has 18 heavy (non-hydrogen) atoms. The van der Waals surface area contributed by atoms with Crippen molar-refractivity contribution in [3.63, 3.8) is 0 Å². The first-order chi connectivity index (χ1) is 8.62. The Morgan fingerprint density at radius 3 is 2.56 bits per heavy atom. The topological polar surface area (TPSA) is 49.4 Å². The molecule has 0 saturated carbocycles. The van der Waals surface area contributed by atoms with E-state index in [-0.39, 0.29) is 11.6 Å². The smallest absolute Gasteiger partial charge is 0.233 e. The van der Waals surface area contributed by atoms with E-state index in [1.165, 1.54) is 0 Å². The van der Waals surface area contributed by atoms with Gasteiger partial charge in [0.1, 0.15) is 0 Å². The van der Waals surface area contributed by atoms with Crippen molar-refractivity contribution in [2.45, 2.75) is 12.8 Å². The maximum Gasteiger partial charge on any atom is 0.233 e. The van der Waals surface area contributed by atoms with E-state index in [9.17, 15) is 8.42 Å². The lowest BCUT2D eigenvalue weighted by Gasteiger charge is -2.21. The van der Waals surface area contributed by atoms with Crippen LogP contribution in [0, 0.1) is 0 Å². The Morgan fingerprint density at radius 1 is 1.22 bits per heavy atom. The number of para-hydroxylation sites is 2. The van der Waals surface area contributed by atoms with Crippen molar-refractivity contribution in [3.8, 4) is 0 Å². The monoisotopic (exact) mass is 288 g/mol. The number of nitrogens with one attached hydrogen (secondary N) is 1. The number of hydrogen-bond donors (Lipinski definition) is 1. The van der Waals surface area contributed by atoms with Gasteiger partial charge >= 0.3 is 0 Å². The van der Waals surface area contributed by atoms with Gasteiger partial charge < -0.3 is 4.90 Å². The minimum atomic E-state index is -3.35. The molecule has 1 heterocycles. The van der Waals surface area contributed by atoms with Gasteiger partial charge in [0, 0.05) is 19.0 Å². The predicted octanol–water partition coefficient (Wildman–Crippen LogP) is 2.27. The predicted molar refractivity (Wildman–Crippen MR) is 76.0 cm³/mol. The van der Waals surface area contributed by atoms with E-state index >= 15 is 0 Å². The average molecular weight is 289 g/mol. The Bertz CT molecular complexity index is 499. The van der Waals surface area contributed by atoms with Crippen LogP contribution >= 0.6 is 11.6 Å². The third kappa shape index (κ3) is 3.29. The molecule has 0 unspecified atom stereocenters. The van der Waals surface area contributed by atoms with E-state index < -0.39 is 10.0 Å². The van der Waals surface area contributed by atoms with E-state index in [1.807, 2.05) is 18.2 Å². The quantitative estimate of drug-likeness (QED) is 0.846. The molecule has 1 N–H and O–H groups in total. The summed E-state index contributed by atoms with van der Waals surface area (Å²) in [5, 5.41) is 0. The zero-order valence-corrected chi connectivity index (χ0v) is 11.7. The first kappa shape index (κ1) is 13.5. The number of sulfonamides is 1. The summed E-state index contributed by atoms with van der Waals surface area (Å²) in [5.41, 5.74) is 1.60. The van der Waals surface area contributed by atoms with Gasteiger partial charge in [-0.05, 0) is 25.0 Å². The van der Waals surface area contributed by atoms with Crippen LogP contribution < -0.4 is 9.62 Å². The van der Waals surface area contributed by atoms with Crippen molar-refractivity contribution < 1.29 is 8.42 Å². The molecule has 0 amide bonds. The highest BCUT2D eigenvalue weighted by Crippen LogP contribution is 2.29. The second kappa shape index (κ2) is 5.80. The van der Waals surface area contributed by atoms with Crippen molar-refractivity contribution >= 4 is 33.0 Å². The molecule has 0 aliphatic carbocycles. The number of nitrogens with zero attached hydrogens (tertiary/aromatic N) is 1. The summed E-state index contributed by atoms with van der Waals surface area (Å²) in [6, 6.07) is 7.49. The Kier molecular flexibility index (Phi) is 4.35. The van der Waals surface area contributed by atoms with Crippen LogP contribution in [0.5, 0.6) is 0 Å². The van der Waals surface area contributed by atoms with E-state index in [1.54, 1.807) is 6.07 Å². The molecule has 1 saturated heterocycles. The first-order valence-electron chi connectivity index (χ1n) is 6.03. The molecule has 0 atom stereocenters. The van der Waals surface area contributed by atoms with Crippen LogP contribution in [0.2, 0.25) is 0 Å². The Morgan fingerprint density at radius 2 is 1.89 bits per heavy atom. The normalized spacial score (nSPS) is 15.9.